The van der Waals surface area contributed by atoms with Crippen LogP contribution in [0.1, 0.15) is 12.5 Å². The fourth-order valence-corrected chi connectivity index (χ4v) is 2.52. The molecule has 1 aliphatic heterocycles. The first-order chi connectivity index (χ1) is 8.63. The maximum atomic E-state index is 6.49. The highest BCUT2D eigenvalue weighted by Gasteiger charge is 2.29. The number of nitrogens with one attached hydrogen (secondary N) is 1. The molecular formula is C14H23N3O. The summed E-state index contributed by atoms with van der Waals surface area (Å²) in [6.45, 7) is 6.13. The average molecular weight is 249 g/mol. The minimum atomic E-state index is -0.323. The van der Waals surface area contributed by atoms with Gasteiger partial charge in [-0.3, -0.25) is 4.90 Å². The van der Waals surface area contributed by atoms with E-state index in [4.69, 9.17) is 10.5 Å². The van der Waals surface area contributed by atoms with E-state index in [1.165, 1.54) is 5.56 Å². The van der Waals surface area contributed by atoms with Crippen molar-refractivity contribution in [3.63, 3.8) is 0 Å². The lowest BCUT2D eigenvalue weighted by Crippen LogP contribution is -2.60. The Kier molecular flexibility index (Phi) is 4.22. The summed E-state index contributed by atoms with van der Waals surface area (Å²) in [5.41, 5.74) is 7.34. The molecule has 3 N–H and O–H groups in total. The summed E-state index contributed by atoms with van der Waals surface area (Å²) in [5, 5.41) is 3.35. The predicted molar refractivity (Wildman–Crippen MR) is 73.7 cm³/mol. The van der Waals surface area contributed by atoms with E-state index in [0.29, 0.717) is 0 Å². The first-order valence-electron chi connectivity index (χ1n) is 6.50. The Morgan fingerprint density at radius 2 is 2.00 bits per heavy atom. The van der Waals surface area contributed by atoms with E-state index in [9.17, 15) is 0 Å². The molecule has 0 aromatic heterocycles. The first-order valence-corrected chi connectivity index (χ1v) is 6.50. The van der Waals surface area contributed by atoms with Gasteiger partial charge in [-0.1, -0.05) is 18.2 Å². The highest BCUT2D eigenvalue weighted by Crippen LogP contribution is 2.23. The van der Waals surface area contributed by atoms with Crippen molar-refractivity contribution in [2.75, 3.05) is 33.3 Å². The number of hydrogen-bond acceptors (Lipinski definition) is 4. The smallest absolute Gasteiger partial charge is 0.122 e. The van der Waals surface area contributed by atoms with E-state index in [2.05, 4.69) is 23.2 Å². The van der Waals surface area contributed by atoms with Crippen LogP contribution in [0.2, 0.25) is 0 Å². The van der Waals surface area contributed by atoms with Crippen molar-refractivity contribution in [2.45, 2.75) is 19.0 Å². The lowest BCUT2D eigenvalue weighted by Gasteiger charge is -2.41. The summed E-state index contributed by atoms with van der Waals surface area (Å²) in [6.07, 6.45) is 0.803. The van der Waals surface area contributed by atoms with Gasteiger partial charge >= 0.3 is 0 Å². The van der Waals surface area contributed by atoms with Crippen LogP contribution >= 0.6 is 0 Å². The summed E-state index contributed by atoms with van der Waals surface area (Å²) in [7, 11) is 1.71. The predicted octanol–water partition coefficient (Wildman–Crippen LogP) is 0.818. The molecule has 1 unspecified atom stereocenters. The molecular weight excluding hydrogens is 226 g/mol. The molecule has 1 aromatic carbocycles. The summed E-state index contributed by atoms with van der Waals surface area (Å²) >= 11 is 0. The monoisotopic (exact) mass is 249 g/mol. The number of benzene rings is 1. The van der Waals surface area contributed by atoms with Crippen LogP contribution in [0.3, 0.4) is 0 Å². The van der Waals surface area contributed by atoms with Gasteiger partial charge in [0.1, 0.15) is 5.75 Å². The number of rotatable bonds is 4. The Morgan fingerprint density at radius 1 is 1.33 bits per heavy atom. The number of nitrogens with zero attached hydrogens (tertiary/aromatic N) is 1. The normalized spacial score (nSPS) is 20.4. The third kappa shape index (κ3) is 3.02. The van der Waals surface area contributed by atoms with Crippen molar-refractivity contribution in [1.82, 2.24) is 10.2 Å². The van der Waals surface area contributed by atoms with Crippen molar-refractivity contribution in [3.8, 4) is 5.75 Å². The van der Waals surface area contributed by atoms with Crippen molar-refractivity contribution >= 4 is 0 Å². The van der Waals surface area contributed by atoms with Crippen molar-refractivity contribution in [1.29, 1.82) is 0 Å². The van der Waals surface area contributed by atoms with Gasteiger partial charge in [-0.15, -0.1) is 0 Å². The van der Waals surface area contributed by atoms with Crippen LogP contribution in [0.15, 0.2) is 24.3 Å². The van der Waals surface area contributed by atoms with E-state index < -0.39 is 0 Å². The molecule has 2 rings (SSSR count). The van der Waals surface area contributed by atoms with E-state index in [1.54, 1.807) is 7.11 Å². The molecule has 4 heteroatoms. The van der Waals surface area contributed by atoms with Crippen molar-refractivity contribution < 1.29 is 4.74 Å². The van der Waals surface area contributed by atoms with Gasteiger partial charge in [0, 0.05) is 32.6 Å². The second kappa shape index (κ2) is 5.69. The second-order valence-electron chi connectivity index (χ2n) is 5.08. The van der Waals surface area contributed by atoms with Gasteiger partial charge in [0.15, 0.2) is 0 Å². The lowest BCUT2D eigenvalue weighted by molar-refractivity contribution is 0.0926. The van der Waals surface area contributed by atoms with Crippen LogP contribution in [0.5, 0.6) is 5.75 Å². The molecule has 1 aliphatic rings. The van der Waals surface area contributed by atoms with E-state index >= 15 is 0 Å². The van der Waals surface area contributed by atoms with Gasteiger partial charge in [0.25, 0.3) is 0 Å². The standard InChI is InChI=1S/C14H23N3O/c1-14(15,17-9-7-16-8-10-17)11-12-5-3-4-6-13(12)18-2/h3-6,16H,7-11,15H2,1-2H3. The first kappa shape index (κ1) is 13.3. The van der Waals surface area contributed by atoms with E-state index in [0.717, 1.165) is 38.3 Å². The van der Waals surface area contributed by atoms with Crippen LogP contribution in [-0.4, -0.2) is 43.9 Å². The summed E-state index contributed by atoms with van der Waals surface area (Å²) in [6, 6.07) is 8.10. The van der Waals surface area contributed by atoms with Gasteiger partial charge in [-0.25, -0.2) is 0 Å². The van der Waals surface area contributed by atoms with Gasteiger partial charge < -0.3 is 15.8 Å². The molecule has 100 valence electrons. The van der Waals surface area contributed by atoms with Crippen LogP contribution in [0, 0.1) is 0 Å². The molecule has 1 fully saturated rings. The third-order valence-corrected chi connectivity index (χ3v) is 3.58. The zero-order valence-corrected chi connectivity index (χ0v) is 11.3. The molecule has 0 bridgehead atoms. The van der Waals surface area contributed by atoms with Gasteiger partial charge in [0.2, 0.25) is 0 Å². The van der Waals surface area contributed by atoms with Gasteiger partial charge in [-0.05, 0) is 18.6 Å². The molecule has 0 spiro atoms. The maximum absolute atomic E-state index is 6.49. The minimum absolute atomic E-state index is 0.323. The van der Waals surface area contributed by atoms with Crippen LogP contribution < -0.4 is 15.8 Å². The molecule has 0 aliphatic carbocycles. The minimum Gasteiger partial charge on any atom is -0.496 e. The number of nitrogens with two attached hydrogens (primary N) is 1. The van der Waals surface area contributed by atoms with E-state index in [1.807, 2.05) is 18.2 Å². The van der Waals surface area contributed by atoms with Gasteiger partial charge in [-0.2, -0.15) is 0 Å². The Bertz CT molecular complexity index is 386. The topological polar surface area (TPSA) is 50.5 Å². The number of para-hydroxylation sites is 1. The molecule has 1 saturated heterocycles. The molecule has 1 heterocycles. The molecule has 0 amide bonds. The number of methoxy groups -OCH3 is 1. The molecule has 1 aromatic rings. The van der Waals surface area contributed by atoms with Crippen LogP contribution in [-0.2, 0) is 6.42 Å². The fraction of sp³-hybridized carbons (Fsp3) is 0.571. The molecule has 0 saturated carbocycles. The Balaban J connectivity index is 2.10. The average Bonchev–Trinajstić information content (AvgIpc) is 2.40. The highest BCUT2D eigenvalue weighted by molar-refractivity contribution is 5.34. The molecule has 1 atom stereocenters. The number of ether oxygens (including phenoxy) is 1. The second-order valence-corrected chi connectivity index (χ2v) is 5.08. The van der Waals surface area contributed by atoms with Crippen LogP contribution in [0.4, 0.5) is 0 Å². The number of piperazine rings is 1. The zero-order valence-electron chi connectivity index (χ0n) is 11.3. The van der Waals surface area contributed by atoms with Crippen LogP contribution in [0.25, 0.3) is 0 Å². The SMILES string of the molecule is COc1ccccc1CC(C)(N)N1CCNCC1. The lowest BCUT2D eigenvalue weighted by atomic mass is 9.99. The molecule has 18 heavy (non-hydrogen) atoms. The Morgan fingerprint density at radius 3 is 2.67 bits per heavy atom. The van der Waals surface area contributed by atoms with E-state index in [-0.39, 0.29) is 5.66 Å². The largest absolute Gasteiger partial charge is 0.496 e. The Hall–Kier alpha value is -1.10. The van der Waals surface area contributed by atoms with Crippen molar-refractivity contribution in [3.05, 3.63) is 29.8 Å². The molecule has 0 radical (unpaired) electrons. The number of hydrogen-bond donors (Lipinski definition) is 2. The fourth-order valence-electron chi connectivity index (χ4n) is 2.52. The highest BCUT2D eigenvalue weighted by atomic mass is 16.5. The summed E-state index contributed by atoms with van der Waals surface area (Å²) in [4.78, 5) is 2.34. The maximum Gasteiger partial charge on any atom is 0.122 e. The van der Waals surface area contributed by atoms with Crippen molar-refractivity contribution in [2.24, 2.45) is 5.73 Å². The van der Waals surface area contributed by atoms with Gasteiger partial charge in [0.05, 0.1) is 12.8 Å². The summed E-state index contributed by atoms with van der Waals surface area (Å²) < 4.78 is 5.39. The zero-order chi connectivity index (χ0) is 13.0. The summed E-state index contributed by atoms with van der Waals surface area (Å²) in [5.74, 6) is 0.921. The third-order valence-electron chi connectivity index (χ3n) is 3.58. The quantitative estimate of drug-likeness (QED) is 0.829. The Labute approximate surface area is 109 Å². The molecule has 4 nitrogen and oxygen atoms in total.